The Labute approximate surface area is 99.8 Å². The number of nitrogens with zero attached hydrogens (tertiary/aromatic N) is 3. The van der Waals surface area contributed by atoms with Crippen LogP contribution in [0.3, 0.4) is 0 Å². The van der Waals surface area contributed by atoms with Crippen LogP contribution in [-0.4, -0.2) is 14.5 Å². The molecule has 3 nitrogen and oxygen atoms in total. The molecule has 0 atom stereocenters. The lowest BCUT2D eigenvalue weighted by Gasteiger charge is -2.05. The third-order valence-electron chi connectivity index (χ3n) is 2.90. The maximum absolute atomic E-state index is 4.37. The average molecular weight is 223 g/mol. The molecule has 0 aliphatic rings. The molecule has 0 fully saturated rings. The maximum atomic E-state index is 4.37. The molecule has 84 valence electrons. The lowest BCUT2D eigenvalue weighted by Crippen LogP contribution is -1.94. The van der Waals surface area contributed by atoms with Gasteiger partial charge >= 0.3 is 0 Å². The average Bonchev–Trinajstić information content (AvgIpc) is 2.82. The van der Waals surface area contributed by atoms with Gasteiger partial charge in [-0.2, -0.15) is 0 Å². The third kappa shape index (κ3) is 1.69. The highest BCUT2D eigenvalue weighted by molar-refractivity contribution is 5.72. The number of hydrogen-bond acceptors (Lipinski definition) is 2. The van der Waals surface area contributed by atoms with E-state index in [1.54, 1.807) is 6.20 Å². The summed E-state index contributed by atoms with van der Waals surface area (Å²) >= 11 is 0. The van der Waals surface area contributed by atoms with E-state index in [9.17, 15) is 0 Å². The topological polar surface area (TPSA) is 30.7 Å². The Kier molecular flexibility index (Phi) is 2.37. The lowest BCUT2D eigenvalue weighted by molar-refractivity contribution is 1.05. The predicted octanol–water partition coefficient (Wildman–Crippen LogP) is 2.98. The van der Waals surface area contributed by atoms with Gasteiger partial charge in [-0.05, 0) is 36.2 Å². The van der Waals surface area contributed by atoms with E-state index in [2.05, 4.69) is 41.2 Å². The molecule has 0 aliphatic carbocycles. The van der Waals surface area contributed by atoms with Crippen LogP contribution in [-0.2, 0) is 6.42 Å². The van der Waals surface area contributed by atoms with E-state index >= 15 is 0 Å². The first-order chi connectivity index (χ1) is 8.38. The molecule has 0 radical (unpaired) electrons. The minimum absolute atomic E-state index is 0.903. The van der Waals surface area contributed by atoms with Crippen LogP contribution in [0.1, 0.15) is 12.5 Å². The van der Waals surface area contributed by atoms with Gasteiger partial charge in [0.25, 0.3) is 0 Å². The van der Waals surface area contributed by atoms with Crippen LogP contribution in [0.2, 0.25) is 0 Å². The van der Waals surface area contributed by atoms with Gasteiger partial charge in [-0.25, -0.2) is 9.97 Å². The number of rotatable bonds is 2. The van der Waals surface area contributed by atoms with Gasteiger partial charge in [0, 0.05) is 11.9 Å². The fourth-order valence-corrected chi connectivity index (χ4v) is 1.96. The summed E-state index contributed by atoms with van der Waals surface area (Å²) in [5, 5.41) is 0. The van der Waals surface area contributed by atoms with Crippen LogP contribution in [0.25, 0.3) is 16.9 Å². The predicted molar refractivity (Wildman–Crippen MR) is 68.2 cm³/mol. The van der Waals surface area contributed by atoms with Gasteiger partial charge in [-0.3, -0.25) is 4.57 Å². The summed E-state index contributed by atoms with van der Waals surface area (Å²) in [4.78, 5) is 8.72. The van der Waals surface area contributed by atoms with Crippen LogP contribution in [0.5, 0.6) is 0 Å². The highest BCUT2D eigenvalue weighted by Crippen LogP contribution is 2.16. The second kappa shape index (κ2) is 4.01. The first-order valence-electron chi connectivity index (χ1n) is 5.76. The minimum atomic E-state index is 0.903. The zero-order valence-electron chi connectivity index (χ0n) is 9.67. The number of pyridine rings is 1. The standard InChI is InChI=1S/C14H13N3/c1-2-11-5-3-6-12(9-11)17-10-16-13-7-4-8-15-14(13)17/h3-10H,2H2,1H3. The van der Waals surface area contributed by atoms with Gasteiger partial charge in [-0.15, -0.1) is 0 Å². The van der Waals surface area contributed by atoms with Crippen molar-refractivity contribution < 1.29 is 0 Å². The van der Waals surface area contributed by atoms with E-state index in [0.29, 0.717) is 0 Å². The van der Waals surface area contributed by atoms with Crippen LogP contribution in [0.15, 0.2) is 48.9 Å². The molecular formula is C14H13N3. The normalized spacial score (nSPS) is 10.9. The molecule has 0 N–H and O–H groups in total. The van der Waals surface area contributed by atoms with Crippen molar-refractivity contribution in [3.63, 3.8) is 0 Å². The van der Waals surface area contributed by atoms with Gasteiger partial charge in [0.2, 0.25) is 0 Å². The second-order valence-electron chi connectivity index (χ2n) is 3.98. The van der Waals surface area contributed by atoms with Gasteiger partial charge in [0.15, 0.2) is 5.65 Å². The van der Waals surface area contributed by atoms with E-state index in [4.69, 9.17) is 0 Å². The monoisotopic (exact) mass is 223 g/mol. The van der Waals surface area contributed by atoms with Crippen LogP contribution < -0.4 is 0 Å². The summed E-state index contributed by atoms with van der Waals surface area (Å²) in [6.45, 7) is 2.16. The van der Waals surface area contributed by atoms with Gasteiger partial charge in [-0.1, -0.05) is 19.1 Å². The number of aromatic nitrogens is 3. The zero-order valence-corrected chi connectivity index (χ0v) is 9.67. The third-order valence-corrected chi connectivity index (χ3v) is 2.90. The van der Waals surface area contributed by atoms with Crippen molar-refractivity contribution in [1.29, 1.82) is 0 Å². The first kappa shape index (κ1) is 10.0. The maximum Gasteiger partial charge on any atom is 0.164 e. The fourth-order valence-electron chi connectivity index (χ4n) is 1.96. The Bertz CT molecular complexity index is 655. The Balaban J connectivity index is 2.20. The van der Waals surface area contributed by atoms with Crippen molar-refractivity contribution in [2.75, 3.05) is 0 Å². The van der Waals surface area contributed by atoms with E-state index in [0.717, 1.165) is 23.3 Å². The number of imidazole rings is 1. The molecular weight excluding hydrogens is 210 g/mol. The molecule has 0 saturated heterocycles. The molecule has 3 heteroatoms. The summed E-state index contributed by atoms with van der Waals surface area (Å²) in [7, 11) is 0. The van der Waals surface area contributed by atoms with E-state index in [1.807, 2.05) is 23.0 Å². The van der Waals surface area contributed by atoms with Crippen LogP contribution in [0, 0.1) is 0 Å². The molecule has 0 spiro atoms. The summed E-state index contributed by atoms with van der Waals surface area (Å²) in [6.07, 6.45) is 4.66. The first-order valence-corrected chi connectivity index (χ1v) is 5.76. The molecule has 1 aromatic carbocycles. The highest BCUT2D eigenvalue weighted by Gasteiger charge is 2.04. The number of aryl methyl sites for hydroxylation is 1. The quantitative estimate of drug-likeness (QED) is 0.668. The van der Waals surface area contributed by atoms with Gasteiger partial charge in [0.05, 0.1) is 0 Å². The van der Waals surface area contributed by atoms with Crippen LogP contribution >= 0.6 is 0 Å². The molecule has 3 aromatic rings. The summed E-state index contributed by atoms with van der Waals surface area (Å²) in [5.74, 6) is 0. The Morgan fingerprint density at radius 2 is 2.06 bits per heavy atom. The van der Waals surface area contributed by atoms with Crippen molar-refractivity contribution in [2.45, 2.75) is 13.3 Å². The molecule has 0 unspecified atom stereocenters. The van der Waals surface area contributed by atoms with Crippen molar-refractivity contribution in [3.8, 4) is 5.69 Å². The molecule has 0 amide bonds. The Hall–Kier alpha value is -2.16. The van der Waals surface area contributed by atoms with Crippen molar-refractivity contribution in [3.05, 3.63) is 54.5 Å². The molecule has 2 aromatic heterocycles. The Morgan fingerprint density at radius 3 is 2.94 bits per heavy atom. The SMILES string of the molecule is CCc1cccc(-n2cnc3cccnc32)c1. The highest BCUT2D eigenvalue weighted by atomic mass is 15.1. The van der Waals surface area contributed by atoms with E-state index in [1.165, 1.54) is 5.56 Å². The zero-order chi connectivity index (χ0) is 11.7. The fraction of sp³-hybridized carbons (Fsp3) is 0.143. The summed E-state index contributed by atoms with van der Waals surface area (Å²) in [5.41, 5.74) is 4.26. The number of hydrogen-bond donors (Lipinski definition) is 0. The number of benzene rings is 1. The van der Waals surface area contributed by atoms with E-state index < -0.39 is 0 Å². The molecule has 2 heterocycles. The largest absolute Gasteiger partial charge is 0.283 e. The van der Waals surface area contributed by atoms with Crippen LogP contribution in [0.4, 0.5) is 0 Å². The molecule has 0 bridgehead atoms. The smallest absolute Gasteiger partial charge is 0.164 e. The van der Waals surface area contributed by atoms with Crippen molar-refractivity contribution >= 4 is 11.2 Å². The Morgan fingerprint density at radius 1 is 1.12 bits per heavy atom. The lowest BCUT2D eigenvalue weighted by atomic mass is 10.1. The summed E-state index contributed by atoms with van der Waals surface area (Å²) < 4.78 is 2.02. The van der Waals surface area contributed by atoms with Crippen molar-refractivity contribution in [2.24, 2.45) is 0 Å². The van der Waals surface area contributed by atoms with Gasteiger partial charge < -0.3 is 0 Å². The minimum Gasteiger partial charge on any atom is -0.283 e. The van der Waals surface area contributed by atoms with E-state index in [-0.39, 0.29) is 0 Å². The van der Waals surface area contributed by atoms with Gasteiger partial charge in [0.1, 0.15) is 11.8 Å². The number of fused-ring (bicyclic) bond motifs is 1. The molecule has 0 aliphatic heterocycles. The second-order valence-corrected chi connectivity index (χ2v) is 3.98. The van der Waals surface area contributed by atoms with Crippen molar-refractivity contribution in [1.82, 2.24) is 14.5 Å². The molecule has 17 heavy (non-hydrogen) atoms. The molecule has 3 rings (SSSR count). The summed E-state index contributed by atoms with van der Waals surface area (Å²) in [6, 6.07) is 12.3. The molecule has 0 saturated carbocycles.